The number of amides is 1. The van der Waals surface area contributed by atoms with Crippen LogP contribution in [0.15, 0.2) is 27.3 Å². The van der Waals surface area contributed by atoms with Crippen LogP contribution in [0.25, 0.3) is 5.57 Å². The molecule has 1 aliphatic carbocycles. The Kier molecular flexibility index (Phi) is 4.65. The average molecular weight is 435 g/mol. The molecule has 1 aromatic carbocycles. The van der Waals surface area contributed by atoms with Crippen LogP contribution in [-0.4, -0.2) is 34.9 Å². The normalized spacial score (nSPS) is 21.9. The Labute approximate surface area is 167 Å². The summed E-state index contributed by atoms with van der Waals surface area (Å²) >= 11 is 3.28. The molecule has 0 N–H and O–H groups in total. The SMILES string of the molecule is CC(C)(C)OC(=O)N1CCC[C@H]1C1=NC2=C(C1)c1ccc(Br)c(F)c1CC2. The van der Waals surface area contributed by atoms with E-state index in [0.717, 1.165) is 47.4 Å². The molecule has 0 saturated carbocycles. The van der Waals surface area contributed by atoms with Crippen LogP contribution in [0.2, 0.25) is 0 Å². The predicted molar refractivity (Wildman–Crippen MR) is 107 cm³/mol. The topological polar surface area (TPSA) is 41.9 Å². The molecule has 1 atom stereocenters. The molecular weight excluding hydrogens is 411 g/mol. The molecule has 1 amide bonds. The number of allylic oxidation sites excluding steroid dienone is 2. The Balaban J connectivity index is 1.56. The summed E-state index contributed by atoms with van der Waals surface area (Å²) in [5, 5.41) is 0. The van der Waals surface area contributed by atoms with Gasteiger partial charge in [0.25, 0.3) is 0 Å². The molecule has 1 saturated heterocycles. The van der Waals surface area contributed by atoms with E-state index in [1.165, 1.54) is 0 Å². The van der Waals surface area contributed by atoms with Crippen LogP contribution in [0.5, 0.6) is 0 Å². The van der Waals surface area contributed by atoms with Crippen LogP contribution in [-0.2, 0) is 11.2 Å². The molecule has 1 aromatic rings. The number of rotatable bonds is 1. The second-order valence-corrected chi connectivity index (χ2v) is 9.28. The van der Waals surface area contributed by atoms with E-state index in [-0.39, 0.29) is 18.0 Å². The molecule has 2 aliphatic heterocycles. The number of benzene rings is 1. The Morgan fingerprint density at radius 1 is 1.33 bits per heavy atom. The summed E-state index contributed by atoms with van der Waals surface area (Å²) < 4.78 is 20.6. The van der Waals surface area contributed by atoms with Crippen molar-refractivity contribution in [2.24, 2.45) is 4.99 Å². The maximum atomic E-state index is 14.5. The third-order valence-corrected chi connectivity index (χ3v) is 6.00. The fourth-order valence-corrected chi connectivity index (χ4v) is 4.60. The maximum absolute atomic E-state index is 14.5. The average Bonchev–Trinajstić information content (AvgIpc) is 3.22. The summed E-state index contributed by atoms with van der Waals surface area (Å²) in [5.41, 5.74) is 4.42. The van der Waals surface area contributed by atoms with E-state index in [9.17, 15) is 9.18 Å². The number of halogens is 2. The number of aliphatic imine (C=N–C) groups is 1. The van der Waals surface area contributed by atoms with Gasteiger partial charge < -0.3 is 4.74 Å². The first-order chi connectivity index (χ1) is 12.7. The monoisotopic (exact) mass is 434 g/mol. The van der Waals surface area contributed by atoms with Crippen molar-refractivity contribution < 1.29 is 13.9 Å². The lowest BCUT2D eigenvalue weighted by atomic mass is 9.87. The molecule has 0 bridgehead atoms. The lowest BCUT2D eigenvalue weighted by Gasteiger charge is -2.28. The van der Waals surface area contributed by atoms with Crippen molar-refractivity contribution >= 4 is 33.3 Å². The van der Waals surface area contributed by atoms with Gasteiger partial charge in [0.15, 0.2) is 0 Å². The third-order valence-electron chi connectivity index (χ3n) is 5.38. The van der Waals surface area contributed by atoms with Crippen molar-refractivity contribution in [2.75, 3.05) is 6.54 Å². The number of hydrogen-bond acceptors (Lipinski definition) is 3. The number of hydrogen-bond donors (Lipinski definition) is 0. The second kappa shape index (κ2) is 6.73. The van der Waals surface area contributed by atoms with Gasteiger partial charge in [0.2, 0.25) is 0 Å². The molecular formula is C21H24BrFN2O2. The number of fused-ring (bicyclic) bond motifs is 2. The maximum Gasteiger partial charge on any atom is 0.410 e. The number of likely N-dealkylation sites (tertiary alicyclic amines) is 1. The molecule has 6 heteroatoms. The minimum Gasteiger partial charge on any atom is -0.444 e. The van der Waals surface area contributed by atoms with Gasteiger partial charge >= 0.3 is 6.09 Å². The quantitative estimate of drug-likeness (QED) is 0.586. The van der Waals surface area contributed by atoms with Crippen molar-refractivity contribution in [1.82, 2.24) is 4.90 Å². The van der Waals surface area contributed by atoms with Gasteiger partial charge in [0, 0.05) is 24.4 Å². The lowest BCUT2D eigenvalue weighted by molar-refractivity contribution is 0.0265. The summed E-state index contributed by atoms with van der Waals surface area (Å²) in [6.45, 7) is 6.34. The molecule has 0 unspecified atom stereocenters. The minimum atomic E-state index is -0.511. The highest BCUT2D eigenvalue weighted by molar-refractivity contribution is 9.10. The van der Waals surface area contributed by atoms with Crippen LogP contribution in [0, 0.1) is 5.82 Å². The standard InChI is InChI=1S/C21H24BrFN2O2/c1-21(2,3)27-20(26)25-10-4-5-18(25)17-11-14-12-6-8-15(22)19(23)13(12)7-9-16(14)24-17/h6,8,18H,4-5,7,9-11H2,1-3H3/t18-/m0/s1. The molecule has 3 aliphatic rings. The minimum absolute atomic E-state index is 0.0193. The van der Waals surface area contributed by atoms with Gasteiger partial charge in [0.05, 0.1) is 10.5 Å². The highest BCUT2D eigenvalue weighted by Gasteiger charge is 2.38. The van der Waals surface area contributed by atoms with Crippen LogP contribution in [0.1, 0.15) is 57.6 Å². The molecule has 4 rings (SSSR count). The third kappa shape index (κ3) is 3.44. The molecule has 0 spiro atoms. The lowest BCUT2D eigenvalue weighted by Crippen LogP contribution is -2.43. The van der Waals surface area contributed by atoms with Gasteiger partial charge in [-0.15, -0.1) is 0 Å². The second-order valence-electron chi connectivity index (χ2n) is 8.42. The summed E-state index contributed by atoms with van der Waals surface area (Å²) in [4.78, 5) is 19.3. The van der Waals surface area contributed by atoms with Crippen molar-refractivity contribution in [3.05, 3.63) is 39.2 Å². The Morgan fingerprint density at radius 3 is 2.85 bits per heavy atom. The van der Waals surface area contributed by atoms with Gasteiger partial charge in [-0.1, -0.05) is 6.07 Å². The summed E-state index contributed by atoms with van der Waals surface area (Å²) in [7, 11) is 0. The first kappa shape index (κ1) is 18.7. The van der Waals surface area contributed by atoms with Gasteiger partial charge in [-0.2, -0.15) is 0 Å². The summed E-state index contributed by atoms with van der Waals surface area (Å²) in [6, 6.07) is 3.73. The first-order valence-electron chi connectivity index (χ1n) is 9.51. The Bertz CT molecular complexity index is 870. The van der Waals surface area contributed by atoms with E-state index >= 15 is 0 Å². The van der Waals surface area contributed by atoms with Gasteiger partial charge in [-0.05, 0) is 85.2 Å². The Hall–Kier alpha value is -1.69. The van der Waals surface area contributed by atoms with Crippen molar-refractivity contribution in [1.29, 1.82) is 0 Å². The number of ether oxygens (including phenoxy) is 1. The predicted octanol–water partition coefficient (Wildman–Crippen LogP) is 5.49. The van der Waals surface area contributed by atoms with Crippen molar-refractivity contribution in [3.63, 3.8) is 0 Å². The molecule has 1 fully saturated rings. The first-order valence-corrected chi connectivity index (χ1v) is 10.3. The Morgan fingerprint density at radius 2 is 2.11 bits per heavy atom. The smallest absolute Gasteiger partial charge is 0.410 e. The fraction of sp³-hybridized carbons (Fsp3) is 0.524. The molecule has 4 nitrogen and oxygen atoms in total. The summed E-state index contributed by atoms with van der Waals surface area (Å²) in [6.07, 6.45) is 3.68. The van der Waals surface area contributed by atoms with Crippen molar-refractivity contribution in [3.8, 4) is 0 Å². The summed E-state index contributed by atoms with van der Waals surface area (Å²) in [5.74, 6) is -0.163. The van der Waals surface area contributed by atoms with E-state index in [2.05, 4.69) is 15.9 Å². The van der Waals surface area contributed by atoms with Gasteiger partial charge in [0.1, 0.15) is 11.4 Å². The number of nitrogens with zero attached hydrogens (tertiary/aromatic N) is 2. The zero-order chi connectivity index (χ0) is 19.3. The molecule has 144 valence electrons. The highest BCUT2D eigenvalue weighted by Crippen LogP contribution is 2.42. The molecule has 0 aromatic heterocycles. The van der Waals surface area contributed by atoms with E-state index in [1.54, 1.807) is 6.07 Å². The van der Waals surface area contributed by atoms with Crippen LogP contribution < -0.4 is 0 Å². The van der Waals surface area contributed by atoms with Gasteiger partial charge in [-0.25, -0.2) is 9.18 Å². The molecule has 27 heavy (non-hydrogen) atoms. The van der Waals surface area contributed by atoms with E-state index in [1.807, 2.05) is 31.7 Å². The highest BCUT2D eigenvalue weighted by atomic mass is 79.9. The van der Waals surface area contributed by atoms with Crippen molar-refractivity contribution in [2.45, 2.75) is 64.5 Å². The molecule has 0 radical (unpaired) electrons. The van der Waals surface area contributed by atoms with Crippen LogP contribution in [0.4, 0.5) is 9.18 Å². The number of carbonyl (C=O) groups excluding carboxylic acids is 1. The van der Waals surface area contributed by atoms with E-state index < -0.39 is 5.60 Å². The number of carbonyl (C=O) groups is 1. The van der Waals surface area contributed by atoms with Gasteiger partial charge in [-0.3, -0.25) is 9.89 Å². The molecule has 2 heterocycles. The zero-order valence-electron chi connectivity index (χ0n) is 15.9. The largest absolute Gasteiger partial charge is 0.444 e. The van der Waals surface area contributed by atoms with Crippen LogP contribution in [0.3, 0.4) is 0 Å². The van der Waals surface area contributed by atoms with Crippen LogP contribution >= 0.6 is 15.9 Å². The van der Waals surface area contributed by atoms with E-state index in [4.69, 9.17) is 9.73 Å². The zero-order valence-corrected chi connectivity index (χ0v) is 17.5. The van der Waals surface area contributed by atoms with E-state index in [0.29, 0.717) is 23.9 Å². The fourth-order valence-electron chi connectivity index (χ4n) is 4.23.